The lowest BCUT2D eigenvalue weighted by Gasteiger charge is -2.49. The zero-order valence-electron chi connectivity index (χ0n) is 8.11. The van der Waals surface area contributed by atoms with Crippen LogP contribution in [-0.2, 0) is 0 Å². The van der Waals surface area contributed by atoms with Gasteiger partial charge in [0.05, 0.1) is 6.10 Å². The second kappa shape index (κ2) is 2.69. The molecule has 3 aliphatic heterocycles. The van der Waals surface area contributed by atoms with Crippen molar-refractivity contribution in [3.63, 3.8) is 0 Å². The van der Waals surface area contributed by atoms with Gasteiger partial charge in [-0.15, -0.1) is 0 Å². The predicted octanol–water partition coefficient (Wildman–Crippen LogP) is -0.341. The zero-order chi connectivity index (χ0) is 9.00. The zero-order valence-corrected chi connectivity index (χ0v) is 8.11. The maximum Gasteiger partial charge on any atom is 0.0794 e. The number of rotatable bonds is 2. The molecule has 3 heteroatoms. The van der Waals surface area contributed by atoms with Crippen molar-refractivity contribution >= 4 is 0 Å². The van der Waals surface area contributed by atoms with Gasteiger partial charge in [-0.25, -0.2) is 0 Å². The molecule has 2 bridgehead atoms. The summed E-state index contributed by atoms with van der Waals surface area (Å²) in [6.45, 7) is 5.35. The van der Waals surface area contributed by atoms with Gasteiger partial charge in [-0.2, -0.15) is 0 Å². The Hall–Kier alpha value is -0.120. The van der Waals surface area contributed by atoms with Crippen molar-refractivity contribution in [3.8, 4) is 0 Å². The maximum absolute atomic E-state index is 9.23. The second-order valence-electron chi connectivity index (χ2n) is 4.94. The number of aliphatic hydroxyl groups excluding tert-OH is 1. The fraction of sp³-hybridized carbons (Fsp3) is 1.00. The third kappa shape index (κ3) is 1.07. The Morgan fingerprint density at radius 3 is 2.69 bits per heavy atom. The Labute approximate surface area is 79.1 Å². The molecule has 2 N–H and O–H groups in total. The standard InChI is InChI=1S/C10H18N2O/c1-6(12-4-8(13)5-12)10-7-2-9(10)11-3-7/h6-11,13H,2-5H2,1H3. The van der Waals surface area contributed by atoms with E-state index in [-0.39, 0.29) is 6.10 Å². The average molecular weight is 182 g/mol. The van der Waals surface area contributed by atoms with Crippen LogP contribution in [-0.4, -0.2) is 47.8 Å². The number of aliphatic hydroxyl groups is 1. The molecule has 4 unspecified atom stereocenters. The molecule has 4 aliphatic rings. The lowest BCUT2D eigenvalue weighted by Crippen LogP contribution is -2.60. The van der Waals surface area contributed by atoms with Crippen LogP contribution in [0.5, 0.6) is 0 Å². The van der Waals surface area contributed by atoms with Crippen molar-refractivity contribution in [2.45, 2.75) is 31.5 Å². The highest BCUT2D eigenvalue weighted by Crippen LogP contribution is 2.44. The number of β-amino-alcohol motifs (C(OH)–C–C–N with tert-alkyl or cyclic N) is 1. The van der Waals surface area contributed by atoms with E-state index in [1.807, 2.05) is 0 Å². The molecule has 4 atom stereocenters. The number of nitrogens with one attached hydrogen (secondary N) is 1. The molecule has 3 heterocycles. The summed E-state index contributed by atoms with van der Waals surface area (Å²) in [4.78, 5) is 2.42. The van der Waals surface area contributed by atoms with Gasteiger partial charge in [0.1, 0.15) is 0 Å². The van der Waals surface area contributed by atoms with Crippen molar-refractivity contribution in [1.82, 2.24) is 10.2 Å². The van der Waals surface area contributed by atoms with Crippen molar-refractivity contribution in [2.75, 3.05) is 19.6 Å². The molecular formula is C10H18N2O. The van der Waals surface area contributed by atoms with E-state index in [0.717, 1.165) is 31.0 Å². The Kier molecular flexibility index (Phi) is 1.70. The van der Waals surface area contributed by atoms with Crippen LogP contribution in [0.2, 0.25) is 0 Å². The Morgan fingerprint density at radius 1 is 1.46 bits per heavy atom. The van der Waals surface area contributed by atoms with Crippen LogP contribution >= 0.6 is 0 Å². The molecule has 74 valence electrons. The van der Waals surface area contributed by atoms with E-state index >= 15 is 0 Å². The molecule has 1 aliphatic carbocycles. The van der Waals surface area contributed by atoms with Gasteiger partial charge in [-0.05, 0) is 31.7 Å². The van der Waals surface area contributed by atoms with Crippen molar-refractivity contribution < 1.29 is 5.11 Å². The van der Waals surface area contributed by atoms with Crippen LogP contribution in [0, 0.1) is 11.8 Å². The minimum Gasteiger partial charge on any atom is -0.390 e. The maximum atomic E-state index is 9.23. The predicted molar refractivity (Wildman–Crippen MR) is 50.4 cm³/mol. The highest BCUT2D eigenvalue weighted by molar-refractivity contribution is 5.07. The van der Waals surface area contributed by atoms with E-state index in [2.05, 4.69) is 17.1 Å². The number of hydrogen-bond acceptors (Lipinski definition) is 3. The molecule has 0 amide bonds. The van der Waals surface area contributed by atoms with E-state index < -0.39 is 0 Å². The molecule has 4 rings (SSSR count). The normalized spacial score (nSPS) is 47.1. The van der Waals surface area contributed by atoms with Crippen LogP contribution in [0.1, 0.15) is 13.3 Å². The summed E-state index contributed by atoms with van der Waals surface area (Å²) in [5.74, 6) is 1.80. The number of fused-ring (bicyclic) bond motifs is 1. The van der Waals surface area contributed by atoms with E-state index in [1.54, 1.807) is 0 Å². The first-order valence-corrected chi connectivity index (χ1v) is 5.41. The quantitative estimate of drug-likeness (QED) is 0.613. The van der Waals surface area contributed by atoms with Gasteiger partial charge in [-0.1, -0.05) is 0 Å². The van der Waals surface area contributed by atoms with E-state index in [9.17, 15) is 5.11 Å². The summed E-state index contributed by atoms with van der Waals surface area (Å²) in [6, 6.07) is 1.47. The summed E-state index contributed by atoms with van der Waals surface area (Å²) in [7, 11) is 0. The van der Waals surface area contributed by atoms with E-state index in [1.165, 1.54) is 13.0 Å². The van der Waals surface area contributed by atoms with Crippen LogP contribution in [0.3, 0.4) is 0 Å². The molecule has 1 saturated carbocycles. The molecule has 0 aromatic carbocycles. The summed E-state index contributed by atoms with van der Waals surface area (Å²) < 4.78 is 0. The minimum atomic E-state index is -0.0480. The Bertz CT molecular complexity index is 201. The lowest BCUT2D eigenvalue weighted by molar-refractivity contribution is -0.0534. The first kappa shape index (κ1) is 8.21. The monoisotopic (exact) mass is 182 g/mol. The number of hydrogen-bond donors (Lipinski definition) is 2. The molecule has 3 nitrogen and oxygen atoms in total. The summed E-state index contributed by atoms with van der Waals surface area (Å²) in [6.07, 6.45) is 1.35. The molecule has 0 aromatic heterocycles. The summed E-state index contributed by atoms with van der Waals surface area (Å²) in [5, 5.41) is 12.8. The number of likely N-dealkylation sites (tertiary alicyclic amines) is 1. The van der Waals surface area contributed by atoms with Gasteiger partial charge in [0.2, 0.25) is 0 Å². The SMILES string of the molecule is CC(C1C2CNC1C2)N1CC(O)C1. The topological polar surface area (TPSA) is 35.5 Å². The Balaban J connectivity index is 1.60. The van der Waals surface area contributed by atoms with Gasteiger partial charge < -0.3 is 10.4 Å². The van der Waals surface area contributed by atoms with Gasteiger partial charge in [0, 0.05) is 25.2 Å². The van der Waals surface area contributed by atoms with Crippen molar-refractivity contribution in [1.29, 1.82) is 0 Å². The first-order chi connectivity index (χ1) is 6.25. The average Bonchev–Trinajstić information content (AvgIpc) is 2.57. The fourth-order valence-electron chi connectivity index (χ4n) is 3.31. The summed E-state index contributed by atoms with van der Waals surface area (Å²) >= 11 is 0. The highest BCUT2D eigenvalue weighted by Gasteiger charge is 2.51. The fourth-order valence-corrected chi connectivity index (χ4v) is 3.31. The van der Waals surface area contributed by atoms with E-state index in [4.69, 9.17) is 0 Å². The molecule has 13 heavy (non-hydrogen) atoms. The second-order valence-corrected chi connectivity index (χ2v) is 4.94. The smallest absolute Gasteiger partial charge is 0.0794 e. The van der Waals surface area contributed by atoms with Crippen LogP contribution < -0.4 is 5.32 Å². The number of nitrogens with zero attached hydrogens (tertiary/aromatic N) is 1. The lowest BCUT2D eigenvalue weighted by atomic mass is 9.69. The molecule has 4 fully saturated rings. The van der Waals surface area contributed by atoms with Crippen LogP contribution in [0.15, 0.2) is 0 Å². The van der Waals surface area contributed by atoms with Crippen molar-refractivity contribution in [2.24, 2.45) is 11.8 Å². The first-order valence-electron chi connectivity index (χ1n) is 5.41. The van der Waals surface area contributed by atoms with Gasteiger partial charge >= 0.3 is 0 Å². The molecule has 0 spiro atoms. The van der Waals surface area contributed by atoms with E-state index in [0.29, 0.717) is 6.04 Å². The highest BCUT2D eigenvalue weighted by atomic mass is 16.3. The van der Waals surface area contributed by atoms with Gasteiger partial charge in [-0.3, -0.25) is 4.90 Å². The largest absolute Gasteiger partial charge is 0.390 e. The van der Waals surface area contributed by atoms with Crippen LogP contribution in [0.25, 0.3) is 0 Å². The van der Waals surface area contributed by atoms with Gasteiger partial charge in [0.25, 0.3) is 0 Å². The Morgan fingerprint density at radius 2 is 2.23 bits per heavy atom. The minimum absolute atomic E-state index is 0.0480. The van der Waals surface area contributed by atoms with Gasteiger partial charge in [0.15, 0.2) is 0 Å². The molecule has 0 aromatic rings. The molecule has 3 saturated heterocycles. The van der Waals surface area contributed by atoms with Crippen molar-refractivity contribution in [3.05, 3.63) is 0 Å². The third-order valence-corrected chi connectivity index (χ3v) is 4.23. The molecular weight excluding hydrogens is 164 g/mol. The third-order valence-electron chi connectivity index (χ3n) is 4.23. The van der Waals surface area contributed by atoms with Crippen LogP contribution in [0.4, 0.5) is 0 Å². The molecule has 0 radical (unpaired) electrons. The summed E-state index contributed by atoms with van der Waals surface area (Å²) in [5.41, 5.74) is 0.